The number of hydrogen-bond acceptors (Lipinski definition) is 4. The predicted molar refractivity (Wildman–Crippen MR) is 74.1 cm³/mol. The predicted octanol–water partition coefficient (Wildman–Crippen LogP) is 2.80. The average Bonchev–Trinajstić information content (AvgIpc) is 2.41. The Morgan fingerprint density at radius 3 is 2.53 bits per heavy atom. The van der Waals surface area contributed by atoms with E-state index in [1.54, 1.807) is 0 Å². The normalized spacial score (nSPS) is 22.1. The number of halogens is 1. The molecule has 19 heavy (non-hydrogen) atoms. The van der Waals surface area contributed by atoms with Crippen LogP contribution in [-0.4, -0.2) is 18.9 Å². The number of Topliss-reactive ketones (excluding diaryl/α,β-unsaturated/α-hetero) is 1. The van der Waals surface area contributed by atoms with Crippen molar-refractivity contribution in [2.75, 3.05) is 7.05 Å². The molecule has 1 aromatic carbocycles. The van der Waals surface area contributed by atoms with Gasteiger partial charge in [-0.15, -0.1) is 0 Å². The Kier molecular flexibility index (Phi) is 5.90. The first-order chi connectivity index (χ1) is 9.12. The fourth-order valence-corrected chi connectivity index (χ4v) is 2.82. The van der Waals surface area contributed by atoms with E-state index in [1.807, 2.05) is 31.3 Å². The summed E-state index contributed by atoms with van der Waals surface area (Å²) in [7, 11) is 1.84. The van der Waals surface area contributed by atoms with E-state index >= 15 is 0 Å². The number of carbonyl (C=O) groups excluding carboxylic acids is 2. The van der Waals surface area contributed by atoms with Crippen molar-refractivity contribution >= 4 is 23.5 Å². The van der Waals surface area contributed by atoms with E-state index in [4.69, 9.17) is 21.8 Å². The lowest BCUT2D eigenvalue weighted by Gasteiger charge is -2.36. The van der Waals surface area contributed by atoms with Crippen molar-refractivity contribution in [1.29, 1.82) is 5.41 Å². The molecule has 102 valence electrons. The Balaban J connectivity index is 0.000000550. The summed E-state index contributed by atoms with van der Waals surface area (Å²) in [5.74, 6) is 0.259. The lowest BCUT2D eigenvalue weighted by Crippen LogP contribution is -2.49. The van der Waals surface area contributed by atoms with Gasteiger partial charge in [0.2, 0.25) is 6.08 Å². The zero-order valence-corrected chi connectivity index (χ0v) is 11.6. The number of nitrogens with one attached hydrogen (secondary N) is 2. The van der Waals surface area contributed by atoms with Gasteiger partial charge in [0.1, 0.15) is 5.54 Å². The second-order valence-corrected chi connectivity index (χ2v) is 4.77. The summed E-state index contributed by atoms with van der Waals surface area (Å²) >= 11 is 6.20. The smallest absolute Gasteiger partial charge is 0.231 e. The van der Waals surface area contributed by atoms with E-state index in [-0.39, 0.29) is 5.78 Å². The van der Waals surface area contributed by atoms with Gasteiger partial charge in [-0.3, -0.25) is 4.79 Å². The molecular formula is C14H17ClN2O2. The highest BCUT2D eigenvalue weighted by atomic mass is 35.5. The zero-order valence-electron chi connectivity index (χ0n) is 10.8. The van der Waals surface area contributed by atoms with Crippen LogP contribution in [0, 0.1) is 5.41 Å². The van der Waals surface area contributed by atoms with Crippen LogP contribution in [-0.2, 0) is 15.1 Å². The van der Waals surface area contributed by atoms with E-state index in [0.29, 0.717) is 11.4 Å². The van der Waals surface area contributed by atoms with Gasteiger partial charge in [-0.2, -0.15) is 0 Å². The van der Waals surface area contributed by atoms with E-state index in [0.717, 1.165) is 30.9 Å². The van der Waals surface area contributed by atoms with Crippen LogP contribution in [0.15, 0.2) is 24.3 Å². The third-order valence-electron chi connectivity index (χ3n) is 3.44. The third kappa shape index (κ3) is 3.29. The van der Waals surface area contributed by atoms with Crippen LogP contribution in [0.1, 0.15) is 31.2 Å². The summed E-state index contributed by atoms with van der Waals surface area (Å²) in [6.07, 6.45) is 4.29. The molecule has 1 saturated carbocycles. The Morgan fingerprint density at radius 2 is 2.00 bits per heavy atom. The Hall–Kier alpha value is -1.48. The van der Waals surface area contributed by atoms with Crippen LogP contribution < -0.4 is 5.32 Å². The Morgan fingerprint density at radius 1 is 1.37 bits per heavy atom. The molecule has 4 nitrogen and oxygen atoms in total. The molecule has 1 atom stereocenters. The fraction of sp³-hybridized carbons (Fsp3) is 0.429. The minimum atomic E-state index is -0.559. The molecule has 5 heteroatoms. The second kappa shape index (κ2) is 7.19. The molecule has 0 heterocycles. The molecule has 2 N–H and O–H groups in total. The lowest BCUT2D eigenvalue weighted by molar-refractivity contribution is -0.127. The number of carbonyl (C=O) groups is 1. The highest BCUT2D eigenvalue weighted by Gasteiger charge is 2.40. The van der Waals surface area contributed by atoms with Gasteiger partial charge in [0.15, 0.2) is 5.78 Å². The summed E-state index contributed by atoms with van der Waals surface area (Å²) in [5.41, 5.74) is 0.361. The maximum absolute atomic E-state index is 12.2. The summed E-state index contributed by atoms with van der Waals surface area (Å²) in [4.78, 5) is 20.5. The van der Waals surface area contributed by atoms with E-state index in [1.165, 1.54) is 0 Å². The highest BCUT2D eigenvalue weighted by Crippen LogP contribution is 2.37. The van der Waals surface area contributed by atoms with Gasteiger partial charge in [-0.25, -0.2) is 10.2 Å². The van der Waals surface area contributed by atoms with Gasteiger partial charge in [-0.05, 0) is 31.5 Å². The molecule has 1 unspecified atom stereocenters. The maximum atomic E-state index is 12.2. The monoisotopic (exact) mass is 280 g/mol. The van der Waals surface area contributed by atoms with Crippen molar-refractivity contribution in [1.82, 2.24) is 5.32 Å². The van der Waals surface area contributed by atoms with E-state index in [9.17, 15) is 4.79 Å². The first kappa shape index (κ1) is 15.6. The number of rotatable bonds is 2. The topological polar surface area (TPSA) is 70.0 Å². The van der Waals surface area contributed by atoms with Crippen LogP contribution in [0.3, 0.4) is 0 Å². The van der Waals surface area contributed by atoms with Gasteiger partial charge >= 0.3 is 0 Å². The van der Waals surface area contributed by atoms with Crippen molar-refractivity contribution < 1.29 is 9.59 Å². The molecule has 1 aromatic rings. The largest absolute Gasteiger partial charge is 0.304 e. The van der Waals surface area contributed by atoms with E-state index < -0.39 is 5.54 Å². The maximum Gasteiger partial charge on any atom is 0.231 e. The Bertz CT molecular complexity index is 484. The lowest BCUT2D eigenvalue weighted by atomic mass is 9.75. The molecule has 2 rings (SSSR count). The summed E-state index contributed by atoms with van der Waals surface area (Å²) in [6.45, 7) is 0. The van der Waals surface area contributed by atoms with Gasteiger partial charge in [0.25, 0.3) is 0 Å². The molecule has 1 fully saturated rings. The standard InChI is InChI=1S/C13H16ClNO.CHNO/c1-15-13(9-5-4-8-12(13)16)10-6-2-3-7-11(10)14;2-1-3/h2-3,6-7,15H,4-5,8-9H2,1H3;2H. The molecule has 1 aliphatic rings. The average molecular weight is 281 g/mol. The Labute approximate surface area is 117 Å². The zero-order chi connectivity index (χ0) is 14.3. The molecule has 0 spiro atoms. The van der Waals surface area contributed by atoms with Crippen molar-refractivity contribution in [2.45, 2.75) is 31.2 Å². The van der Waals surface area contributed by atoms with Gasteiger partial charge < -0.3 is 5.32 Å². The SMILES string of the molecule is CNC1(c2ccccc2Cl)CCCCC1=O.N=C=O. The van der Waals surface area contributed by atoms with Crippen LogP contribution in [0.2, 0.25) is 5.02 Å². The van der Waals surface area contributed by atoms with Crippen molar-refractivity contribution in [3.63, 3.8) is 0 Å². The number of likely N-dealkylation sites (N-methyl/N-ethyl adjacent to an activating group) is 1. The van der Waals surface area contributed by atoms with Crippen LogP contribution >= 0.6 is 11.6 Å². The number of ketones is 1. The molecule has 0 aromatic heterocycles. The quantitative estimate of drug-likeness (QED) is 0.646. The van der Waals surface area contributed by atoms with Crippen molar-refractivity contribution in [3.8, 4) is 0 Å². The van der Waals surface area contributed by atoms with Gasteiger partial charge in [0.05, 0.1) is 0 Å². The first-order valence-electron chi connectivity index (χ1n) is 6.13. The highest BCUT2D eigenvalue weighted by molar-refractivity contribution is 6.31. The summed E-state index contributed by atoms with van der Waals surface area (Å²) in [6, 6.07) is 7.62. The molecular weight excluding hydrogens is 264 g/mol. The van der Waals surface area contributed by atoms with Crippen LogP contribution in [0.5, 0.6) is 0 Å². The molecule has 0 saturated heterocycles. The van der Waals surface area contributed by atoms with Crippen molar-refractivity contribution in [3.05, 3.63) is 34.9 Å². The van der Waals surface area contributed by atoms with Crippen molar-refractivity contribution in [2.24, 2.45) is 0 Å². The molecule has 1 aliphatic carbocycles. The molecule has 0 aliphatic heterocycles. The number of benzene rings is 1. The second-order valence-electron chi connectivity index (χ2n) is 4.37. The molecule has 0 amide bonds. The summed E-state index contributed by atoms with van der Waals surface area (Å²) in [5, 5.41) is 9.27. The minimum absolute atomic E-state index is 0.259. The van der Waals surface area contributed by atoms with Crippen LogP contribution in [0.4, 0.5) is 0 Å². The van der Waals surface area contributed by atoms with Gasteiger partial charge in [0, 0.05) is 11.4 Å². The fourth-order valence-electron chi connectivity index (χ4n) is 2.52. The molecule has 0 radical (unpaired) electrons. The summed E-state index contributed by atoms with van der Waals surface area (Å²) < 4.78 is 0. The third-order valence-corrected chi connectivity index (χ3v) is 3.77. The molecule has 0 bridgehead atoms. The van der Waals surface area contributed by atoms with E-state index in [2.05, 4.69) is 5.32 Å². The van der Waals surface area contributed by atoms with Gasteiger partial charge in [-0.1, -0.05) is 36.2 Å². The minimum Gasteiger partial charge on any atom is -0.304 e. The number of hydrogen-bond donors (Lipinski definition) is 2. The van der Waals surface area contributed by atoms with Crippen LogP contribution in [0.25, 0.3) is 0 Å². The number of isocyanates is 1. The first-order valence-corrected chi connectivity index (χ1v) is 6.51.